The van der Waals surface area contributed by atoms with E-state index >= 15 is 0 Å². The molecular formula is C42H54Br2N2O12. The quantitative estimate of drug-likeness (QED) is 0.149. The zero-order valence-corrected chi connectivity index (χ0v) is 37.0. The van der Waals surface area contributed by atoms with E-state index in [1.54, 1.807) is 24.3 Å². The summed E-state index contributed by atoms with van der Waals surface area (Å²) in [7, 11) is 4.36. The van der Waals surface area contributed by atoms with Crippen LogP contribution in [0.25, 0.3) is 0 Å². The van der Waals surface area contributed by atoms with Crippen molar-refractivity contribution in [1.29, 1.82) is 0 Å². The highest BCUT2D eigenvalue weighted by Crippen LogP contribution is 2.59. The van der Waals surface area contributed by atoms with Crippen molar-refractivity contribution in [3.05, 3.63) is 47.5 Å². The maximum absolute atomic E-state index is 13.8. The molecule has 0 spiro atoms. The fourth-order valence-electron chi connectivity index (χ4n) is 11.2. The molecule has 0 aliphatic carbocycles. The number of carbonyl (C=O) groups excluding carboxylic acids is 4. The molecule has 6 rings (SSSR count). The Balaban J connectivity index is 0.00000372. The van der Waals surface area contributed by atoms with Crippen LogP contribution in [-0.2, 0) is 41.9 Å². The molecule has 2 N–H and O–H groups in total. The van der Waals surface area contributed by atoms with Crippen LogP contribution in [0.2, 0.25) is 0 Å². The van der Waals surface area contributed by atoms with E-state index in [0.29, 0.717) is 47.7 Å². The van der Waals surface area contributed by atoms with Crippen LogP contribution in [0, 0.1) is 17.3 Å². The van der Waals surface area contributed by atoms with Gasteiger partial charge in [-0.25, -0.2) is 0 Å². The number of fused-ring (bicyclic) bond motifs is 4. The third-order valence-corrected chi connectivity index (χ3v) is 13.6. The lowest BCUT2D eigenvalue weighted by Gasteiger charge is -2.55. The zero-order chi connectivity index (χ0) is 40.7. The molecule has 2 aromatic rings. The summed E-state index contributed by atoms with van der Waals surface area (Å²) >= 11 is 0. The summed E-state index contributed by atoms with van der Waals surface area (Å²) in [5.74, 6) is -4.32. The molecular weight excluding hydrogens is 884 g/mol. The molecule has 4 unspecified atom stereocenters. The van der Waals surface area contributed by atoms with Gasteiger partial charge in [-0.15, -0.1) is 0 Å². The number of quaternary nitrogens is 2. The largest absolute Gasteiger partial charge is 1.00 e. The van der Waals surface area contributed by atoms with E-state index in [1.165, 1.54) is 27.7 Å². The monoisotopic (exact) mass is 936 g/mol. The summed E-state index contributed by atoms with van der Waals surface area (Å²) in [4.78, 5) is 73.6. The Hall–Kier alpha value is -3.86. The number of aliphatic carboxylic acids is 2. The summed E-state index contributed by atoms with van der Waals surface area (Å²) in [6.07, 6.45) is 5.45. The molecule has 4 bridgehead atoms. The Morgan fingerprint density at radius 3 is 1.16 bits per heavy atom. The average molecular weight is 939 g/mol. The second-order valence-corrected chi connectivity index (χ2v) is 17.0. The number of hydrogen-bond donors (Lipinski definition) is 2. The lowest BCUT2D eigenvalue weighted by Crippen LogP contribution is -3.00. The lowest BCUT2D eigenvalue weighted by molar-refractivity contribution is -0.963. The van der Waals surface area contributed by atoms with E-state index in [2.05, 4.69) is 14.1 Å². The van der Waals surface area contributed by atoms with Crippen molar-refractivity contribution in [3.8, 4) is 23.0 Å². The molecule has 0 amide bonds. The Morgan fingerprint density at radius 1 is 0.569 bits per heavy atom. The van der Waals surface area contributed by atoms with Crippen LogP contribution in [0.1, 0.15) is 96.6 Å². The minimum absolute atomic E-state index is 0. The van der Waals surface area contributed by atoms with E-state index in [4.69, 9.17) is 18.9 Å². The number of nitrogens with zero attached hydrogens (tertiary/aromatic N) is 2. The van der Waals surface area contributed by atoms with Gasteiger partial charge in [0.05, 0.1) is 50.1 Å². The van der Waals surface area contributed by atoms with Crippen LogP contribution in [0.4, 0.5) is 0 Å². The van der Waals surface area contributed by atoms with Crippen molar-refractivity contribution in [1.82, 2.24) is 0 Å². The fourth-order valence-corrected chi connectivity index (χ4v) is 11.2. The van der Waals surface area contributed by atoms with E-state index in [9.17, 15) is 39.0 Å². The number of carboxylic acid groups (broad SMARTS) is 2. The van der Waals surface area contributed by atoms with Crippen molar-refractivity contribution < 1.29 is 101 Å². The van der Waals surface area contributed by atoms with Gasteiger partial charge in [0.15, 0.2) is 23.0 Å². The first-order valence-corrected chi connectivity index (χ1v) is 19.5. The van der Waals surface area contributed by atoms with E-state index in [1.807, 2.05) is 12.1 Å². The van der Waals surface area contributed by atoms with Crippen molar-refractivity contribution in [2.45, 2.75) is 123 Å². The Morgan fingerprint density at radius 2 is 0.879 bits per heavy atom. The molecule has 4 saturated heterocycles. The Kier molecular flexibility index (Phi) is 14.7. The van der Waals surface area contributed by atoms with Gasteiger partial charge < -0.3 is 72.1 Å². The Labute approximate surface area is 359 Å². The SMILES string of the molecule is CC(=O)Oc1ccc(C[N+]2(C)[C@@H]3CC[C@H]2CC(C(CC(=O)O)(C(=O)O)C2C[C@H]4CC[C@@H](C2)[N+]4(C)Cc2ccc(OC(C)=O)c(OC(C)=O)c2)C3)cc1OC(C)=O.[Br-].[Br-]. The molecule has 2 aromatic carbocycles. The standard InChI is InChI=1S/C42H52N2O12.2BrH/c1-24(45)53-36-13-7-28(15-38(36)55-26(3)47)22-43(5)32-9-10-33(43)18-30(17-32)42(41(51)52,21-40(49)50)31-19-34-11-12-35(20-31)44(34,6)23-29-8-14-37(54-25(2)46)39(16-29)56-27(4)48;;/h7-8,13-16,30-35H,9-12,17-23H2,1-6H3;2*1H/t30?,31?,32-,33+,34-,35+,42?,43?,44?;;. The summed E-state index contributed by atoms with van der Waals surface area (Å²) in [5.41, 5.74) is 0.325. The minimum atomic E-state index is -1.44. The summed E-state index contributed by atoms with van der Waals surface area (Å²) < 4.78 is 22.6. The lowest BCUT2D eigenvalue weighted by atomic mass is 9.57. The van der Waals surface area contributed by atoms with Gasteiger partial charge in [0.1, 0.15) is 13.1 Å². The number of benzene rings is 2. The molecule has 4 heterocycles. The van der Waals surface area contributed by atoms with Gasteiger partial charge in [-0.3, -0.25) is 28.8 Å². The topological polar surface area (TPSA) is 180 Å². The van der Waals surface area contributed by atoms with Gasteiger partial charge in [-0.05, 0) is 48.2 Å². The van der Waals surface area contributed by atoms with Gasteiger partial charge >= 0.3 is 35.8 Å². The highest BCUT2D eigenvalue weighted by molar-refractivity contribution is 5.82. The molecule has 0 radical (unpaired) electrons. The molecule has 16 heteroatoms. The van der Waals surface area contributed by atoms with Crippen LogP contribution >= 0.6 is 0 Å². The molecule has 14 nitrogen and oxygen atoms in total. The number of rotatable bonds is 13. The highest BCUT2D eigenvalue weighted by atomic mass is 79.9. The van der Waals surface area contributed by atoms with E-state index in [-0.39, 0.29) is 93.0 Å². The van der Waals surface area contributed by atoms with E-state index in [0.717, 1.165) is 36.8 Å². The number of carbonyl (C=O) groups is 6. The van der Waals surface area contributed by atoms with Crippen LogP contribution in [0.15, 0.2) is 36.4 Å². The maximum Gasteiger partial charge on any atom is 0.310 e. The second kappa shape index (κ2) is 18.2. The predicted molar refractivity (Wildman–Crippen MR) is 199 cm³/mol. The van der Waals surface area contributed by atoms with Crippen LogP contribution in [0.5, 0.6) is 23.0 Å². The first kappa shape index (κ1) is 46.8. The van der Waals surface area contributed by atoms with E-state index < -0.39 is 47.7 Å². The van der Waals surface area contributed by atoms with Gasteiger partial charge in [0.25, 0.3) is 0 Å². The highest BCUT2D eigenvalue weighted by Gasteiger charge is 2.64. The van der Waals surface area contributed by atoms with Gasteiger partial charge in [-0.2, -0.15) is 0 Å². The maximum atomic E-state index is 13.8. The second-order valence-electron chi connectivity index (χ2n) is 17.0. The smallest absolute Gasteiger partial charge is 0.310 e. The molecule has 4 aliphatic rings. The van der Waals surface area contributed by atoms with Crippen molar-refractivity contribution in [2.75, 3.05) is 14.1 Å². The molecule has 318 valence electrons. The number of halogens is 2. The fraction of sp³-hybridized carbons (Fsp3) is 0.571. The summed E-state index contributed by atoms with van der Waals surface area (Å²) in [5, 5.41) is 21.6. The molecule has 0 saturated carbocycles. The number of esters is 4. The van der Waals surface area contributed by atoms with Gasteiger partial charge in [0.2, 0.25) is 0 Å². The van der Waals surface area contributed by atoms with Crippen molar-refractivity contribution in [3.63, 3.8) is 0 Å². The van der Waals surface area contributed by atoms with Gasteiger partial charge in [0, 0.05) is 90.2 Å². The molecule has 58 heavy (non-hydrogen) atoms. The first-order valence-electron chi connectivity index (χ1n) is 19.5. The van der Waals surface area contributed by atoms with Crippen LogP contribution in [-0.4, -0.2) is 93.3 Å². The van der Waals surface area contributed by atoms with Gasteiger partial charge in [-0.1, -0.05) is 0 Å². The molecule has 0 aromatic heterocycles. The number of ether oxygens (including phenoxy) is 4. The number of piperidine rings is 2. The molecule has 4 fully saturated rings. The third kappa shape index (κ3) is 9.29. The van der Waals surface area contributed by atoms with Crippen molar-refractivity contribution >= 4 is 35.8 Å². The van der Waals surface area contributed by atoms with Crippen LogP contribution < -0.4 is 52.9 Å². The normalized spacial score (nSPS) is 29.1. The first-order chi connectivity index (χ1) is 26.3. The minimum Gasteiger partial charge on any atom is -1.00 e. The van der Waals surface area contributed by atoms with Crippen LogP contribution in [0.3, 0.4) is 0 Å². The Bertz CT molecular complexity index is 1790. The predicted octanol–water partition coefficient (Wildman–Crippen LogP) is -0.583. The van der Waals surface area contributed by atoms with Crippen molar-refractivity contribution in [2.24, 2.45) is 17.3 Å². The molecule has 8 atom stereocenters. The summed E-state index contributed by atoms with van der Waals surface area (Å²) in [6, 6.07) is 10.8. The number of hydrogen-bond acceptors (Lipinski definition) is 10. The number of carboxylic acids is 2. The average Bonchev–Trinajstić information content (AvgIpc) is 3.32. The molecule has 4 aliphatic heterocycles. The summed E-state index contributed by atoms with van der Waals surface area (Å²) in [6.45, 7) is 6.27. The zero-order valence-electron chi connectivity index (χ0n) is 33.8. The third-order valence-electron chi connectivity index (χ3n) is 13.6.